The molecule has 0 aliphatic carbocycles. The van der Waals surface area contributed by atoms with Crippen molar-refractivity contribution in [3.63, 3.8) is 0 Å². The third-order valence-corrected chi connectivity index (χ3v) is 2.22. The monoisotopic (exact) mass is 171 g/mol. The number of rotatable bonds is 0. The zero-order chi connectivity index (χ0) is 9.42. The zero-order valence-electron chi connectivity index (χ0n) is 8.05. The molecule has 1 aromatic carbocycles. The van der Waals surface area contributed by atoms with E-state index >= 15 is 0 Å². The van der Waals surface area contributed by atoms with Crippen LogP contribution in [0.4, 0.5) is 0 Å². The summed E-state index contributed by atoms with van der Waals surface area (Å²) in [6.45, 7) is 6.07. The Balaban J connectivity index is 2.81. The highest BCUT2D eigenvalue weighted by Gasteiger charge is 2.00. The van der Waals surface area contributed by atoms with E-state index in [-0.39, 0.29) is 0 Å². The van der Waals surface area contributed by atoms with Gasteiger partial charge in [-0.25, -0.2) is 9.97 Å². The van der Waals surface area contributed by atoms with Crippen molar-refractivity contribution in [2.45, 2.75) is 20.8 Å². The Labute approximate surface area is 77.6 Å². The molecular weight excluding hydrogens is 160 g/mol. The normalized spacial score (nSPS) is 10.7. The van der Waals surface area contributed by atoms with E-state index in [4.69, 9.17) is 0 Å². The molecule has 0 bridgehead atoms. The fourth-order valence-electron chi connectivity index (χ4n) is 1.31. The van der Waals surface area contributed by atoms with Gasteiger partial charge in [-0.15, -0.1) is 0 Å². The maximum atomic E-state index is 4.36. The van der Waals surface area contributed by atoms with Gasteiger partial charge in [-0.1, -0.05) is 0 Å². The molecule has 0 saturated carbocycles. The molecule has 0 saturated heterocycles. The average molecular weight is 171 g/mol. The van der Waals surface area contributed by atoms with Gasteiger partial charge in [-0.05, 0) is 44.0 Å². The minimum atomic E-state index is 0.843. The second kappa shape index (κ2) is 2.80. The van der Waals surface area contributed by atoms with Gasteiger partial charge in [-0.3, -0.25) is 0 Å². The largest absolute Gasteiger partial charge is 0.249 e. The molecule has 65 valence electrons. The van der Waals surface area contributed by atoms with Crippen molar-refractivity contribution in [2.24, 2.45) is 0 Å². The smallest absolute Gasteiger partial charge is 0.112 e. The molecule has 2 aromatic rings. The van der Waals surface area contributed by atoms with Crippen molar-refractivity contribution in [2.75, 3.05) is 0 Å². The molecule has 1 aromatic heterocycles. The second-order valence-corrected chi connectivity index (χ2v) is 3.35. The van der Waals surface area contributed by atoms with Gasteiger partial charge in [0.05, 0.1) is 16.7 Å². The van der Waals surface area contributed by atoms with E-state index in [1.165, 1.54) is 11.1 Å². The van der Waals surface area contributed by atoms with Crippen LogP contribution in [0.15, 0.2) is 12.1 Å². The fraction of sp³-hybridized carbons (Fsp3) is 0.273. The minimum Gasteiger partial charge on any atom is -0.249 e. The first-order valence-corrected chi connectivity index (χ1v) is 4.30. The minimum absolute atomic E-state index is 0.843. The highest BCUT2D eigenvalue weighted by Crippen LogP contribution is 2.15. The van der Waals surface area contributed by atoms with E-state index in [0.717, 1.165) is 16.7 Å². The lowest BCUT2D eigenvalue weighted by Crippen LogP contribution is -1.90. The summed E-state index contributed by atoms with van der Waals surface area (Å²) in [6, 6.07) is 4.12. The first kappa shape index (κ1) is 8.17. The third-order valence-electron chi connectivity index (χ3n) is 2.22. The van der Waals surface area contributed by atoms with Gasteiger partial charge in [0.2, 0.25) is 0 Å². The van der Waals surface area contributed by atoms with Crippen LogP contribution in [0.3, 0.4) is 0 Å². The van der Waals surface area contributed by atoms with E-state index in [1.54, 1.807) is 0 Å². The molecule has 2 nitrogen and oxygen atoms in total. The molecule has 0 N–H and O–H groups in total. The average Bonchev–Trinajstić information content (AvgIpc) is 2.08. The van der Waals surface area contributed by atoms with Crippen LogP contribution in [0.1, 0.15) is 16.8 Å². The summed E-state index contributed by atoms with van der Waals surface area (Å²) in [5.41, 5.74) is 5.23. The Kier molecular flexibility index (Phi) is 1.76. The standard InChI is InChI=1S/C11H11N2/c1-7-4-10-11(5-8(7)2)13-9(3)6-12-10/h4-5H,1-3H3. The topological polar surface area (TPSA) is 25.8 Å². The molecule has 0 atom stereocenters. The molecule has 2 heteroatoms. The molecule has 0 unspecified atom stereocenters. The van der Waals surface area contributed by atoms with E-state index in [1.807, 2.05) is 13.0 Å². The van der Waals surface area contributed by atoms with Crippen LogP contribution in [0.2, 0.25) is 0 Å². The summed E-state index contributed by atoms with van der Waals surface area (Å²) in [5, 5.41) is 0. The number of benzene rings is 1. The third kappa shape index (κ3) is 1.39. The summed E-state index contributed by atoms with van der Waals surface area (Å²) in [6.07, 6.45) is 2.86. The molecule has 0 spiro atoms. The number of aromatic nitrogens is 2. The Morgan fingerprint density at radius 2 is 1.62 bits per heavy atom. The van der Waals surface area contributed by atoms with E-state index in [2.05, 4.69) is 36.1 Å². The predicted molar refractivity (Wildman–Crippen MR) is 52.6 cm³/mol. The lowest BCUT2D eigenvalue weighted by atomic mass is 10.1. The Hall–Kier alpha value is -1.44. The highest BCUT2D eigenvalue weighted by molar-refractivity contribution is 5.75. The summed E-state index contributed by atoms with van der Waals surface area (Å²) < 4.78 is 0. The molecule has 2 rings (SSSR count). The summed E-state index contributed by atoms with van der Waals surface area (Å²) in [7, 11) is 0. The Morgan fingerprint density at radius 3 is 2.31 bits per heavy atom. The quantitative estimate of drug-likeness (QED) is 0.608. The summed E-state index contributed by atoms with van der Waals surface area (Å²) in [5.74, 6) is 0. The summed E-state index contributed by atoms with van der Waals surface area (Å²) >= 11 is 0. The Morgan fingerprint density at radius 1 is 1.00 bits per heavy atom. The van der Waals surface area contributed by atoms with Gasteiger partial charge in [-0.2, -0.15) is 0 Å². The van der Waals surface area contributed by atoms with Crippen molar-refractivity contribution in [1.29, 1.82) is 0 Å². The number of nitrogens with zero attached hydrogens (tertiary/aromatic N) is 2. The van der Waals surface area contributed by atoms with Crippen LogP contribution in [-0.2, 0) is 0 Å². The number of fused-ring (bicyclic) bond motifs is 1. The predicted octanol–water partition coefficient (Wildman–Crippen LogP) is 2.36. The van der Waals surface area contributed by atoms with Gasteiger partial charge in [0.1, 0.15) is 6.20 Å². The molecule has 0 aliphatic rings. The maximum absolute atomic E-state index is 4.36. The van der Waals surface area contributed by atoms with Gasteiger partial charge >= 0.3 is 0 Å². The van der Waals surface area contributed by atoms with Crippen molar-refractivity contribution in [3.8, 4) is 0 Å². The fourth-order valence-corrected chi connectivity index (χ4v) is 1.31. The molecule has 0 aliphatic heterocycles. The van der Waals surface area contributed by atoms with Crippen LogP contribution in [0, 0.1) is 27.0 Å². The van der Waals surface area contributed by atoms with Crippen LogP contribution < -0.4 is 0 Å². The van der Waals surface area contributed by atoms with Crippen LogP contribution in [0.5, 0.6) is 0 Å². The van der Waals surface area contributed by atoms with Crippen molar-refractivity contribution < 1.29 is 0 Å². The van der Waals surface area contributed by atoms with Crippen LogP contribution in [-0.4, -0.2) is 9.97 Å². The SMILES string of the molecule is Cc1[c]nc2cc(C)c(C)cc2n1. The lowest BCUT2D eigenvalue weighted by Gasteiger charge is -2.02. The second-order valence-electron chi connectivity index (χ2n) is 3.35. The Bertz CT molecular complexity index is 461. The lowest BCUT2D eigenvalue weighted by molar-refractivity contribution is 1.16. The van der Waals surface area contributed by atoms with Crippen LogP contribution in [0.25, 0.3) is 11.0 Å². The van der Waals surface area contributed by atoms with E-state index in [0.29, 0.717) is 0 Å². The molecule has 0 fully saturated rings. The maximum Gasteiger partial charge on any atom is 0.112 e. The molecule has 13 heavy (non-hydrogen) atoms. The van der Waals surface area contributed by atoms with Gasteiger partial charge in [0.25, 0.3) is 0 Å². The molecule has 1 heterocycles. The van der Waals surface area contributed by atoms with Crippen LogP contribution >= 0.6 is 0 Å². The van der Waals surface area contributed by atoms with Gasteiger partial charge < -0.3 is 0 Å². The van der Waals surface area contributed by atoms with Gasteiger partial charge in [0.15, 0.2) is 0 Å². The van der Waals surface area contributed by atoms with E-state index in [9.17, 15) is 0 Å². The first-order chi connectivity index (χ1) is 6.16. The van der Waals surface area contributed by atoms with Crippen molar-refractivity contribution in [3.05, 3.63) is 35.2 Å². The van der Waals surface area contributed by atoms with Crippen molar-refractivity contribution in [1.82, 2.24) is 9.97 Å². The summed E-state index contributed by atoms with van der Waals surface area (Å²) in [4.78, 5) is 8.55. The molecular formula is C11H11N2. The van der Waals surface area contributed by atoms with Gasteiger partial charge in [0, 0.05) is 0 Å². The zero-order valence-corrected chi connectivity index (χ0v) is 8.05. The van der Waals surface area contributed by atoms with Crippen molar-refractivity contribution >= 4 is 11.0 Å². The molecule has 1 radical (unpaired) electrons. The van der Waals surface area contributed by atoms with E-state index < -0.39 is 0 Å². The first-order valence-electron chi connectivity index (χ1n) is 4.30. The number of hydrogen-bond donors (Lipinski definition) is 0. The number of aryl methyl sites for hydroxylation is 3. The molecule has 0 amide bonds. The highest BCUT2D eigenvalue weighted by atomic mass is 14.8. The number of hydrogen-bond acceptors (Lipinski definition) is 2.